The van der Waals surface area contributed by atoms with Crippen LogP contribution < -0.4 is 10.5 Å². The molecule has 128 valence electrons. The van der Waals surface area contributed by atoms with E-state index in [0.29, 0.717) is 6.42 Å². The second kappa shape index (κ2) is 7.24. The number of halogens is 1. The summed E-state index contributed by atoms with van der Waals surface area (Å²) in [6.45, 7) is 4.86. The number of benzene rings is 1. The largest absolute Gasteiger partial charge is 0.368 e. The Kier molecular flexibility index (Phi) is 6.09. The molecular formula is C13H18ClN3O5S. The third kappa shape index (κ3) is 4.40. The average molecular weight is 364 g/mol. The molecule has 1 amide bonds. The van der Waals surface area contributed by atoms with Gasteiger partial charge in [-0.2, -0.15) is 4.72 Å². The second-order valence-corrected chi connectivity index (χ2v) is 7.31. The van der Waals surface area contributed by atoms with Gasteiger partial charge in [-0.3, -0.25) is 14.9 Å². The van der Waals surface area contributed by atoms with E-state index in [1.165, 1.54) is 6.92 Å². The molecular weight excluding hydrogens is 346 g/mol. The number of nitro groups is 1. The van der Waals surface area contributed by atoms with Gasteiger partial charge < -0.3 is 5.73 Å². The molecule has 8 nitrogen and oxygen atoms in total. The topological polar surface area (TPSA) is 132 Å². The Balaban J connectivity index is 3.33. The maximum absolute atomic E-state index is 12.4. The molecule has 1 aromatic carbocycles. The first-order chi connectivity index (χ1) is 10.5. The first-order valence-electron chi connectivity index (χ1n) is 6.77. The van der Waals surface area contributed by atoms with Gasteiger partial charge in [-0.05, 0) is 18.9 Å². The molecule has 10 heteroatoms. The number of hydrogen-bond acceptors (Lipinski definition) is 5. The third-order valence-corrected chi connectivity index (χ3v) is 5.41. The normalized spacial score (nSPS) is 14.3. The molecule has 2 unspecified atom stereocenters. The average Bonchev–Trinajstić information content (AvgIpc) is 2.45. The van der Waals surface area contributed by atoms with Crippen LogP contribution in [0.1, 0.15) is 25.8 Å². The van der Waals surface area contributed by atoms with Crippen molar-refractivity contribution in [2.75, 3.05) is 0 Å². The Morgan fingerprint density at radius 1 is 1.48 bits per heavy atom. The predicted molar refractivity (Wildman–Crippen MR) is 85.6 cm³/mol. The SMILES string of the molecule is CCC(C)C(NS(=O)(=O)c1cc(Cl)c(C)c([N+](=O)[O-])c1)C(N)=O. The number of nitrogens with two attached hydrogens (primary N) is 1. The summed E-state index contributed by atoms with van der Waals surface area (Å²) >= 11 is 5.87. The van der Waals surface area contributed by atoms with Crippen LogP contribution in [0.15, 0.2) is 17.0 Å². The summed E-state index contributed by atoms with van der Waals surface area (Å²) in [5.74, 6) is -1.16. The molecule has 0 radical (unpaired) electrons. The summed E-state index contributed by atoms with van der Waals surface area (Å²) in [5, 5.41) is 10.9. The van der Waals surface area contributed by atoms with Crippen molar-refractivity contribution in [1.82, 2.24) is 4.72 Å². The van der Waals surface area contributed by atoms with Crippen LogP contribution in [0.25, 0.3) is 0 Å². The van der Waals surface area contributed by atoms with Gasteiger partial charge in [-0.15, -0.1) is 0 Å². The molecule has 23 heavy (non-hydrogen) atoms. The van der Waals surface area contributed by atoms with Gasteiger partial charge in [-0.1, -0.05) is 31.9 Å². The maximum Gasteiger partial charge on any atom is 0.275 e. The second-order valence-electron chi connectivity index (χ2n) is 5.19. The van der Waals surface area contributed by atoms with E-state index in [1.807, 2.05) is 0 Å². The van der Waals surface area contributed by atoms with Crippen LogP contribution in [0.4, 0.5) is 5.69 Å². The number of hydrogen-bond donors (Lipinski definition) is 2. The van der Waals surface area contributed by atoms with E-state index >= 15 is 0 Å². The van der Waals surface area contributed by atoms with Crippen LogP contribution >= 0.6 is 11.6 Å². The number of nitrogens with zero attached hydrogens (tertiary/aromatic N) is 1. The Labute approximate surface area is 139 Å². The molecule has 0 aromatic heterocycles. The minimum absolute atomic E-state index is 0.0567. The van der Waals surface area contributed by atoms with E-state index < -0.39 is 37.5 Å². The fraction of sp³-hybridized carbons (Fsp3) is 0.462. The van der Waals surface area contributed by atoms with Gasteiger partial charge in [0.15, 0.2) is 0 Å². The lowest BCUT2D eigenvalue weighted by Gasteiger charge is -2.21. The standard InChI is InChI=1S/C13H18ClN3O5S/c1-4-7(2)12(13(15)18)16-23(21,22)9-5-10(14)8(3)11(6-9)17(19)20/h5-7,12,16H,4H2,1-3H3,(H2,15,18). The fourth-order valence-electron chi connectivity index (χ4n) is 1.91. The summed E-state index contributed by atoms with van der Waals surface area (Å²) in [7, 11) is -4.19. The zero-order valence-electron chi connectivity index (χ0n) is 12.9. The first kappa shape index (κ1) is 19.3. The van der Waals surface area contributed by atoms with E-state index in [1.54, 1.807) is 13.8 Å². The number of nitro benzene ring substituents is 1. The van der Waals surface area contributed by atoms with Crippen molar-refractivity contribution in [1.29, 1.82) is 0 Å². The lowest BCUT2D eigenvalue weighted by atomic mass is 10.00. The lowest BCUT2D eigenvalue weighted by molar-refractivity contribution is -0.385. The summed E-state index contributed by atoms with van der Waals surface area (Å²) in [5.41, 5.74) is 4.97. The summed E-state index contributed by atoms with van der Waals surface area (Å²) in [6.07, 6.45) is 0.519. The number of sulfonamides is 1. The molecule has 1 aromatic rings. The van der Waals surface area contributed by atoms with Crippen LogP contribution in [-0.2, 0) is 14.8 Å². The van der Waals surface area contributed by atoms with E-state index in [2.05, 4.69) is 4.72 Å². The molecule has 2 atom stereocenters. The molecule has 0 saturated heterocycles. The minimum Gasteiger partial charge on any atom is -0.368 e. The Hall–Kier alpha value is -1.71. The van der Waals surface area contributed by atoms with E-state index in [0.717, 1.165) is 12.1 Å². The number of amides is 1. The Morgan fingerprint density at radius 2 is 2.04 bits per heavy atom. The highest BCUT2D eigenvalue weighted by molar-refractivity contribution is 7.89. The molecule has 0 heterocycles. The van der Waals surface area contributed by atoms with Crippen molar-refractivity contribution < 1.29 is 18.1 Å². The molecule has 0 aliphatic carbocycles. The van der Waals surface area contributed by atoms with Gasteiger partial charge in [-0.25, -0.2) is 8.42 Å². The smallest absolute Gasteiger partial charge is 0.275 e. The van der Waals surface area contributed by atoms with Gasteiger partial charge >= 0.3 is 0 Å². The highest BCUT2D eigenvalue weighted by Crippen LogP contribution is 2.29. The lowest BCUT2D eigenvalue weighted by Crippen LogP contribution is -2.48. The first-order valence-corrected chi connectivity index (χ1v) is 8.63. The molecule has 3 N–H and O–H groups in total. The van der Waals surface area contributed by atoms with Crippen LogP contribution in [0.2, 0.25) is 5.02 Å². The van der Waals surface area contributed by atoms with Crippen LogP contribution in [0.5, 0.6) is 0 Å². The van der Waals surface area contributed by atoms with Crippen molar-refractivity contribution in [2.24, 2.45) is 11.7 Å². The zero-order chi connectivity index (χ0) is 17.9. The van der Waals surface area contributed by atoms with Crippen LogP contribution in [0, 0.1) is 23.0 Å². The van der Waals surface area contributed by atoms with Crippen LogP contribution in [0.3, 0.4) is 0 Å². The predicted octanol–water partition coefficient (Wildman–Crippen LogP) is 1.73. The van der Waals surface area contributed by atoms with Crippen molar-refractivity contribution in [3.05, 3.63) is 32.8 Å². The number of nitrogens with one attached hydrogen (secondary N) is 1. The molecule has 0 saturated carbocycles. The summed E-state index contributed by atoms with van der Waals surface area (Å²) in [6, 6.07) is 0.878. The highest BCUT2D eigenvalue weighted by Gasteiger charge is 2.29. The number of primary amides is 1. The molecule has 0 aliphatic rings. The van der Waals surface area contributed by atoms with Crippen LogP contribution in [-0.4, -0.2) is 25.3 Å². The summed E-state index contributed by atoms with van der Waals surface area (Å²) in [4.78, 5) is 21.3. The highest BCUT2D eigenvalue weighted by atomic mass is 35.5. The monoisotopic (exact) mass is 363 g/mol. The quantitative estimate of drug-likeness (QED) is 0.562. The molecule has 0 aliphatic heterocycles. The number of carbonyl (C=O) groups is 1. The minimum atomic E-state index is -4.19. The van der Waals surface area contributed by atoms with Gasteiger partial charge in [0.25, 0.3) is 5.69 Å². The third-order valence-electron chi connectivity index (χ3n) is 3.60. The number of rotatable bonds is 7. The Morgan fingerprint density at radius 3 is 2.48 bits per heavy atom. The Bertz CT molecular complexity index is 735. The van der Waals surface area contributed by atoms with Crippen molar-refractivity contribution >= 4 is 33.2 Å². The zero-order valence-corrected chi connectivity index (χ0v) is 14.4. The van der Waals surface area contributed by atoms with Gasteiger partial charge in [0.2, 0.25) is 15.9 Å². The van der Waals surface area contributed by atoms with E-state index in [4.69, 9.17) is 17.3 Å². The van der Waals surface area contributed by atoms with Crippen molar-refractivity contribution in [3.63, 3.8) is 0 Å². The molecule has 0 bridgehead atoms. The molecule has 0 spiro atoms. The van der Waals surface area contributed by atoms with Gasteiger partial charge in [0.05, 0.1) is 14.8 Å². The van der Waals surface area contributed by atoms with Crippen molar-refractivity contribution in [3.8, 4) is 0 Å². The molecule has 1 rings (SSSR count). The number of carbonyl (C=O) groups excluding carboxylic acids is 1. The summed E-state index contributed by atoms with van der Waals surface area (Å²) < 4.78 is 27.0. The fourth-order valence-corrected chi connectivity index (χ4v) is 3.55. The van der Waals surface area contributed by atoms with Gasteiger partial charge in [0.1, 0.15) is 6.04 Å². The van der Waals surface area contributed by atoms with Gasteiger partial charge in [0, 0.05) is 11.6 Å². The molecule has 0 fully saturated rings. The van der Waals surface area contributed by atoms with Crippen molar-refractivity contribution in [2.45, 2.75) is 38.1 Å². The van der Waals surface area contributed by atoms with E-state index in [-0.39, 0.29) is 16.5 Å². The van der Waals surface area contributed by atoms with E-state index in [9.17, 15) is 23.3 Å². The maximum atomic E-state index is 12.4.